The fraction of sp³-hybridized carbons (Fsp3) is 0.500. The number of aryl methyl sites for hydroxylation is 2. The second-order valence-electron chi connectivity index (χ2n) is 9.65. The molecule has 5 heteroatoms. The summed E-state index contributed by atoms with van der Waals surface area (Å²) in [6, 6.07) is 17.8. The van der Waals surface area contributed by atoms with Gasteiger partial charge in [-0.05, 0) is 63.1 Å². The Morgan fingerprint density at radius 2 is 1.73 bits per heavy atom. The van der Waals surface area contributed by atoms with E-state index in [-0.39, 0.29) is 23.2 Å². The van der Waals surface area contributed by atoms with Crippen molar-refractivity contribution in [2.24, 2.45) is 5.92 Å². The molecule has 1 saturated heterocycles. The van der Waals surface area contributed by atoms with Crippen molar-refractivity contribution in [2.45, 2.75) is 76.3 Å². The Morgan fingerprint density at radius 1 is 1.03 bits per heavy atom. The Bertz CT molecular complexity index is 925. The molecule has 2 aliphatic rings. The van der Waals surface area contributed by atoms with Gasteiger partial charge in [0.25, 0.3) is 5.91 Å². The molecule has 2 aromatic rings. The zero-order chi connectivity index (χ0) is 23.2. The van der Waals surface area contributed by atoms with Crippen LogP contribution in [0.1, 0.15) is 66.9 Å². The number of rotatable bonds is 7. The van der Waals surface area contributed by atoms with Crippen LogP contribution in [-0.2, 0) is 11.2 Å². The van der Waals surface area contributed by atoms with Crippen molar-refractivity contribution in [3.63, 3.8) is 0 Å². The number of hydrogen-bond acceptors (Lipinski definition) is 3. The molecule has 1 N–H and O–H groups in total. The summed E-state index contributed by atoms with van der Waals surface area (Å²) in [5.41, 5.74) is 3.09. The molecule has 3 unspecified atom stereocenters. The Hall–Kier alpha value is -2.27. The second kappa shape index (κ2) is 11.2. The Kier molecular flexibility index (Phi) is 8.13. The van der Waals surface area contributed by atoms with Gasteiger partial charge in [-0.15, -0.1) is 11.8 Å². The molecule has 33 heavy (non-hydrogen) atoms. The second-order valence-corrected chi connectivity index (χ2v) is 10.8. The average molecular weight is 465 g/mol. The lowest BCUT2D eigenvalue weighted by Gasteiger charge is -2.35. The van der Waals surface area contributed by atoms with Crippen molar-refractivity contribution in [3.8, 4) is 0 Å². The van der Waals surface area contributed by atoms with E-state index in [4.69, 9.17) is 0 Å². The van der Waals surface area contributed by atoms with Crippen LogP contribution in [-0.4, -0.2) is 39.9 Å². The predicted octanol–water partition coefficient (Wildman–Crippen LogP) is 5.60. The van der Waals surface area contributed by atoms with Crippen molar-refractivity contribution in [1.29, 1.82) is 0 Å². The van der Waals surface area contributed by atoms with Gasteiger partial charge in [-0.1, -0.05) is 67.3 Å². The van der Waals surface area contributed by atoms with E-state index in [0.29, 0.717) is 17.2 Å². The van der Waals surface area contributed by atoms with Crippen LogP contribution < -0.4 is 5.32 Å². The van der Waals surface area contributed by atoms with Gasteiger partial charge in [0, 0.05) is 17.4 Å². The summed E-state index contributed by atoms with van der Waals surface area (Å²) < 4.78 is 0. The van der Waals surface area contributed by atoms with Crippen LogP contribution in [0.15, 0.2) is 54.6 Å². The molecule has 1 aliphatic heterocycles. The molecule has 0 aromatic heterocycles. The lowest BCUT2D eigenvalue weighted by Crippen LogP contribution is -2.52. The number of nitrogens with one attached hydrogen (secondary N) is 1. The number of nitrogens with zero attached hydrogens (tertiary/aromatic N) is 1. The van der Waals surface area contributed by atoms with E-state index in [1.54, 1.807) is 11.8 Å². The van der Waals surface area contributed by atoms with Crippen LogP contribution in [0.25, 0.3) is 0 Å². The van der Waals surface area contributed by atoms with Crippen LogP contribution in [0.2, 0.25) is 0 Å². The predicted molar refractivity (Wildman–Crippen MR) is 136 cm³/mol. The van der Waals surface area contributed by atoms with E-state index in [9.17, 15) is 9.59 Å². The number of amides is 2. The van der Waals surface area contributed by atoms with Gasteiger partial charge < -0.3 is 10.2 Å². The number of thioether (sulfide) groups is 1. The third kappa shape index (κ3) is 6.00. The largest absolute Gasteiger partial charge is 0.352 e. The van der Waals surface area contributed by atoms with Crippen LogP contribution >= 0.6 is 11.8 Å². The van der Waals surface area contributed by atoms with Gasteiger partial charge in [-0.3, -0.25) is 9.59 Å². The monoisotopic (exact) mass is 464 g/mol. The molecule has 0 spiro atoms. The molecule has 2 fully saturated rings. The van der Waals surface area contributed by atoms with E-state index in [2.05, 4.69) is 24.4 Å². The Balaban J connectivity index is 1.46. The zero-order valence-corrected chi connectivity index (χ0v) is 20.7. The maximum atomic E-state index is 13.7. The summed E-state index contributed by atoms with van der Waals surface area (Å²) in [5, 5.41) is 3.31. The minimum Gasteiger partial charge on any atom is -0.352 e. The summed E-state index contributed by atoms with van der Waals surface area (Å²) in [7, 11) is 0. The highest BCUT2D eigenvalue weighted by Crippen LogP contribution is 2.41. The van der Waals surface area contributed by atoms with E-state index in [1.165, 1.54) is 24.8 Å². The highest BCUT2D eigenvalue weighted by molar-refractivity contribution is 8.00. The first-order valence-corrected chi connectivity index (χ1v) is 13.4. The van der Waals surface area contributed by atoms with Gasteiger partial charge in [-0.25, -0.2) is 0 Å². The molecular weight excluding hydrogens is 428 g/mol. The van der Waals surface area contributed by atoms with E-state index < -0.39 is 6.04 Å². The summed E-state index contributed by atoms with van der Waals surface area (Å²) in [6.45, 7) is 4.09. The van der Waals surface area contributed by atoms with Crippen LogP contribution in [0, 0.1) is 12.8 Å². The fourth-order valence-electron chi connectivity index (χ4n) is 5.05. The maximum absolute atomic E-state index is 13.7. The van der Waals surface area contributed by atoms with Crippen molar-refractivity contribution in [2.75, 3.05) is 5.75 Å². The molecule has 1 saturated carbocycles. The molecule has 4 rings (SSSR count). The number of hydrogen-bond donors (Lipinski definition) is 1. The molecule has 176 valence electrons. The molecule has 1 aliphatic carbocycles. The standard InChI is InChI=1S/C28H36N2O2S/c1-20-13-17-23(18-14-20)27(32)30-25(19-33-28(30)24-11-7-4-8-12-24)26(31)29-21(2)15-16-22-9-5-3-6-10-22/h3,5-6,9-10,13-14,17-18,21,24-25,28H,4,7-8,11-12,15-16,19H2,1-2H3,(H,29,31). The molecule has 4 nitrogen and oxygen atoms in total. The topological polar surface area (TPSA) is 49.4 Å². The first-order valence-electron chi connectivity index (χ1n) is 12.4. The van der Waals surface area contributed by atoms with E-state index in [1.807, 2.05) is 54.3 Å². The molecule has 2 amide bonds. The quantitative estimate of drug-likeness (QED) is 0.581. The van der Waals surface area contributed by atoms with Gasteiger partial charge >= 0.3 is 0 Å². The lowest BCUT2D eigenvalue weighted by molar-refractivity contribution is -0.125. The molecule has 3 atom stereocenters. The molecule has 0 bridgehead atoms. The maximum Gasteiger partial charge on any atom is 0.255 e. The van der Waals surface area contributed by atoms with Crippen LogP contribution in [0.3, 0.4) is 0 Å². The summed E-state index contributed by atoms with van der Waals surface area (Å²) in [4.78, 5) is 29.0. The average Bonchev–Trinajstić information content (AvgIpc) is 3.29. The fourth-order valence-corrected chi connectivity index (χ4v) is 6.69. The molecular formula is C28H36N2O2S. The van der Waals surface area contributed by atoms with Crippen molar-refractivity contribution in [1.82, 2.24) is 10.2 Å². The number of benzene rings is 2. The Morgan fingerprint density at radius 3 is 2.42 bits per heavy atom. The molecule has 1 heterocycles. The minimum absolute atomic E-state index is 0.00679. The van der Waals surface area contributed by atoms with Crippen molar-refractivity contribution >= 4 is 23.6 Å². The lowest BCUT2D eigenvalue weighted by atomic mass is 9.88. The zero-order valence-electron chi connectivity index (χ0n) is 19.8. The summed E-state index contributed by atoms with van der Waals surface area (Å²) in [5.74, 6) is 1.14. The minimum atomic E-state index is -0.407. The van der Waals surface area contributed by atoms with Crippen molar-refractivity contribution < 1.29 is 9.59 Å². The third-order valence-electron chi connectivity index (χ3n) is 7.02. The van der Waals surface area contributed by atoms with Gasteiger partial charge in [0.15, 0.2) is 0 Å². The summed E-state index contributed by atoms with van der Waals surface area (Å²) >= 11 is 1.80. The molecule has 2 aromatic carbocycles. The molecule has 0 radical (unpaired) electrons. The van der Waals surface area contributed by atoms with Gasteiger partial charge in [0.2, 0.25) is 5.91 Å². The normalized spacial score (nSPS) is 22.2. The van der Waals surface area contributed by atoms with Crippen LogP contribution in [0.4, 0.5) is 0 Å². The number of carbonyl (C=O) groups is 2. The van der Waals surface area contributed by atoms with Gasteiger partial charge in [-0.2, -0.15) is 0 Å². The van der Waals surface area contributed by atoms with E-state index in [0.717, 1.165) is 31.2 Å². The summed E-state index contributed by atoms with van der Waals surface area (Å²) in [6.07, 6.45) is 7.84. The Labute approximate surface area is 202 Å². The van der Waals surface area contributed by atoms with Gasteiger partial charge in [0.1, 0.15) is 6.04 Å². The SMILES string of the molecule is Cc1ccc(C(=O)N2C(C(=O)NC(C)CCc3ccccc3)CSC2C2CCCCC2)cc1. The first kappa shape index (κ1) is 23.9. The third-order valence-corrected chi connectivity index (χ3v) is 8.48. The van der Waals surface area contributed by atoms with Crippen LogP contribution in [0.5, 0.6) is 0 Å². The first-order chi connectivity index (χ1) is 16.0. The smallest absolute Gasteiger partial charge is 0.255 e. The van der Waals surface area contributed by atoms with Crippen molar-refractivity contribution in [3.05, 3.63) is 71.3 Å². The highest BCUT2D eigenvalue weighted by Gasteiger charge is 2.45. The number of carbonyl (C=O) groups excluding carboxylic acids is 2. The van der Waals surface area contributed by atoms with E-state index >= 15 is 0 Å². The van der Waals surface area contributed by atoms with Gasteiger partial charge in [0.05, 0.1) is 5.37 Å². The highest BCUT2D eigenvalue weighted by atomic mass is 32.2.